The third kappa shape index (κ3) is 9.22. The van der Waals surface area contributed by atoms with Gasteiger partial charge in [-0.25, -0.2) is 10.5 Å². The van der Waals surface area contributed by atoms with Crippen molar-refractivity contribution >= 4 is 23.6 Å². The van der Waals surface area contributed by atoms with Crippen molar-refractivity contribution in [3.63, 3.8) is 0 Å². The quantitative estimate of drug-likeness (QED) is 0.0560. The molecule has 0 radical (unpaired) electrons. The molecule has 12 heteroatoms. The Morgan fingerprint density at radius 3 is 2.38 bits per heavy atom. The lowest BCUT2D eigenvalue weighted by molar-refractivity contribution is -0.245. The van der Waals surface area contributed by atoms with Crippen LogP contribution in [0.2, 0.25) is 0 Å². The van der Waals surface area contributed by atoms with Crippen molar-refractivity contribution in [2.24, 2.45) is 0 Å². The highest BCUT2D eigenvalue weighted by atomic mass is 32.2. The van der Waals surface area contributed by atoms with Crippen LogP contribution in [0.3, 0.4) is 0 Å². The number of amides is 2. The van der Waals surface area contributed by atoms with Crippen LogP contribution in [0.15, 0.2) is 84.3 Å². The lowest BCUT2D eigenvalue weighted by Crippen LogP contribution is -2.31. The SMILES string of the molecule is O=C(CCCCC(=O)NCc1ccccc1-c1ccc(C2OC(CSc3ncn[nH]3)CC(c3ccc(CO)cc3)O2)cc1)NO. The van der Waals surface area contributed by atoms with Gasteiger partial charge >= 0.3 is 0 Å². The van der Waals surface area contributed by atoms with Crippen molar-refractivity contribution < 1.29 is 29.4 Å². The molecular weight excluding hydrogens is 594 g/mol. The molecule has 45 heavy (non-hydrogen) atoms. The molecule has 2 heterocycles. The maximum absolute atomic E-state index is 12.4. The monoisotopic (exact) mass is 631 g/mol. The van der Waals surface area contributed by atoms with E-state index in [2.05, 4.69) is 20.5 Å². The number of benzene rings is 3. The number of nitrogens with zero attached hydrogens (tertiary/aromatic N) is 2. The number of aliphatic hydroxyl groups excluding tert-OH is 1. The van der Waals surface area contributed by atoms with E-state index in [1.807, 2.05) is 72.8 Å². The van der Waals surface area contributed by atoms with Gasteiger partial charge in [0.05, 0.1) is 18.8 Å². The van der Waals surface area contributed by atoms with Gasteiger partial charge in [0, 0.05) is 37.1 Å². The molecule has 1 fully saturated rings. The fourth-order valence-corrected chi connectivity index (χ4v) is 5.94. The number of nitrogens with one attached hydrogen (secondary N) is 3. The molecule has 0 saturated carbocycles. The molecule has 5 N–H and O–H groups in total. The predicted octanol–water partition coefficient (Wildman–Crippen LogP) is 4.98. The second kappa shape index (κ2) is 16.3. The highest BCUT2D eigenvalue weighted by Gasteiger charge is 2.32. The molecule has 0 bridgehead atoms. The third-order valence-electron chi connectivity index (χ3n) is 7.58. The zero-order valence-electron chi connectivity index (χ0n) is 24.7. The van der Waals surface area contributed by atoms with Crippen molar-refractivity contribution in [1.82, 2.24) is 26.0 Å². The predicted molar refractivity (Wildman–Crippen MR) is 168 cm³/mol. The lowest BCUT2D eigenvalue weighted by atomic mass is 9.97. The van der Waals surface area contributed by atoms with Crippen LogP contribution in [-0.4, -0.2) is 49.2 Å². The van der Waals surface area contributed by atoms with Gasteiger partial charge in [0.1, 0.15) is 6.33 Å². The maximum atomic E-state index is 12.4. The standard InChI is InChI=1S/C33H37N5O6S/c39-19-22-9-11-24(12-10-22)29-17-27(20-45-33-35-21-36-37-33)43-32(44-29)25-15-13-23(14-16-25)28-6-2-1-5-26(28)18-34-30(40)7-3-4-8-31(41)38-42/h1-2,5-6,9-16,21,27,29,32,39,42H,3-4,7-8,17-20H2,(H,34,40)(H,38,41)(H,35,36,37). The van der Waals surface area contributed by atoms with Crippen molar-refractivity contribution in [1.29, 1.82) is 0 Å². The lowest BCUT2D eigenvalue weighted by Gasteiger charge is -2.36. The second-order valence-electron chi connectivity index (χ2n) is 10.7. The number of hydrogen-bond donors (Lipinski definition) is 5. The Morgan fingerprint density at radius 2 is 1.67 bits per heavy atom. The number of unbranched alkanes of at least 4 members (excludes halogenated alkanes) is 1. The number of aliphatic hydroxyl groups is 1. The smallest absolute Gasteiger partial charge is 0.243 e. The Labute approximate surface area is 265 Å². The first-order valence-corrected chi connectivity index (χ1v) is 15.9. The fourth-order valence-electron chi connectivity index (χ4n) is 5.14. The highest BCUT2D eigenvalue weighted by molar-refractivity contribution is 7.99. The van der Waals surface area contributed by atoms with E-state index < -0.39 is 12.2 Å². The first-order valence-electron chi connectivity index (χ1n) is 14.9. The van der Waals surface area contributed by atoms with Gasteiger partial charge in [0.25, 0.3) is 0 Å². The van der Waals surface area contributed by atoms with Gasteiger partial charge in [-0.2, -0.15) is 5.10 Å². The van der Waals surface area contributed by atoms with Crippen LogP contribution in [0.25, 0.3) is 11.1 Å². The molecule has 1 aromatic heterocycles. The minimum atomic E-state index is -0.575. The van der Waals surface area contributed by atoms with Crippen LogP contribution in [0, 0.1) is 0 Å². The van der Waals surface area contributed by atoms with E-state index in [0.717, 1.165) is 38.5 Å². The van der Waals surface area contributed by atoms with Gasteiger partial charge in [-0.1, -0.05) is 84.6 Å². The third-order valence-corrected chi connectivity index (χ3v) is 8.59. The summed E-state index contributed by atoms with van der Waals surface area (Å²) in [6.45, 7) is 0.368. The fraction of sp³-hybridized carbons (Fsp3) is 0.333. The Morgan fingerprint density at radius 1 is 0.933 bits per heavy atom. The number of hydrogen-bond acceptors (Lipinski definition) is 9. The van der Waals surface area contributed by atoms with E-state index in [1.165, 1.54) is 6.33 Å². The summed E-state index contributed by atoms with van der Waals surface area (Å²) in [6.07, 6.45) is 2.86. The van der Waals surface area contributed by atoms with Crippen LogP contribution < -0.4 is 10.8 Å². The number of carbonyl (C=O) groups excluding carboxylic acids is 2. The Kier molecular flexibility index (Phi) is 11.7. The molecule has 11 nitrogen and oxygen atoms in total. The van der Waals surface area contributed by atoms with Crippen LogP contribution in [0.5, 0.6) is 0 Å². The molecule has 1 aliphatic heterocycles. The number of thioether (sulfide) groups is 1. The average Bonchev–Trinajstić information content (AvgIpc) is 3.62. The van der Waals surface area contributed by atoms with Crippen molar-refractivity contribution in [2.75, 3.05) is 5.75 Å². The molecule has 1 aliphatic rings. The molecule has 3 atom stereocenters. The molecule has 4 aromatic rings. The van der Waals surface area contributed by atoms with Crippen molar-refractivity contribution in [3.8, 4) is 11.1 Å². The van der Waals surface area contributed by atoms with Crippen LogP contribution in [-0.2, 0) is 32.2 Å². The van der Waals surface area contributed by atoms with Gasteiger partial charge in [-0.3, -0.25) is 19.9 Å². The van der Waals surface area contributed by atoms with Crippen LogP contribution in [0.4, 0.5) is 0 Å². The largest absolute Gasteiger partial charge is 0.392 e. The number of hydroxylamine groups is 1. The summed E-state index contributed by atoms with van der Waals surface area (Å²) in [7, 11) is 0. The molecule has 0 spiro atoms. The summed E-state index contributed by atoms with van der Waals surface area (Å²) in [6, 6.07) is 23.8. The second-order valence-corrected chi connectivity index (χ2v) is 11.8. The summed E-state index contributed by atoms with van der Waals surface area (Å²) in [5.74, 6) is 0.134. The number of aromatic amines is 1. The Balaban J connectivity index is 1.25. The molecule has 236 valence electrons. The topological polar surface area (TPSA) is 159 Å². The van der Waals surface area contributed by atoms with E-state index in [4.69, 9.17) is 14.7 Å². The van der Waals surface area contributed by atoms with E-state index in [-0.39, 0.29) is 31.1 Å². The van der Waals surface area contributed by atoms with Gasteiger partial charge in [-0.15, -0.1) is 0 Å². The average molecular weight is 632 g/mol. The van der Waals surface area contributed by atoms with E-state index in [9.17, 15) is 14.7 Å². The van der Waals surface area contributed by atoms with Crippen LogP contribution in [0.1, 0.15) is 66.8 Å². The zero-order valence-corrected chi connectivity index (χ0v) is 25.5. The number of ether oxygens (including phenoxy) is 2. The van der Waals surface area contributed by atoms with Gasteiger partial charge < -0.3 is 19.9 Å². The van der Waals surface area contributed by atoms with E-state index in [1.54, 1.807) is 17.2 Å². The van der Waals surface area contributed by atoms with Gasteiger partial charge in [-0.05, 0) is 40.7 Å². The van der Waals surface area contributed by atoms with Crippen molar-refractivity contribution in [3.05, 3.63) is 101 Å². The summed E-state index contributed by atoms with van der Waals surface area (Å²) in [4.78, 5) is 27.7. The first kappa shape index (κ1) is 32.3. The summed E-state index contributed by atoms with van der Waals surface area (Å²) in [5.41, 5.74) is 7.37. The van der Waals surface area contributed by atoms with Crippen LogP contribution >= 0.6 is 11.8 Å². The summed E-state index contributed by atoms with van der Waals surface area (Å²) in [5, 5.41) is 28.6. The Bertz CT molecular complexity index is 1520. The minimum Gasteiger partial charge on any atom is -0.392 e. The number of carbonyl (C=O) groups is 2. The van der Waals surface area contributed by atoms with Gasteiger partial charge in [0.2, 0.25) is 11.8 Å². The maximum Gasteiger partial charge on any atom is 0.243 e. The van der Waals surface area contributed by atoms with E-state index >= 15 is 0 Å². The molecule has 1 saturated heterocycles. The molecule has 3 unspecified atom stereocenters. The summed E-state index contributed by atoms with van der Waals surface area (Å²) >= 11 is 1.55. The highest BCUT2D eigenvalue weighted by Crippen LogP contribution is 2.39. The summed E-state index contributed by atoms with van der Waals surface area (Å²) < 4.78 is 12.9. The number of aromatic nitrogens is 3. The number of rotatable bonds is 14. The molecular formula is C33H37N5O6S. The molecule has 0 aliphatic carbocycles. The number of H-pyrrole nitrogens is 1. The Hall–Kier alpha value is -4.07. The first-order chi connectivity index (χ1) is 22.0. The zero-order chi connectivity index (χ0) is 31.4. The van der Waals surface area contributed by atoms with E-state index in [0.29, 0.717) is 38.0 Å². The molecule has 3 aromatic carbocycles. The normalized spacial score (nSPS) is 18.0. The molecule has 2 amide bonds. The minimum absolute atomic E-state index is 0.0107. The van der Waals surface area contributed by atoms with Gasteiger partial charge in [0.15, 0.2) is 11.4 Å². The molecule has 5 rings (SSSR count). The van der Waals surface area contributed by atoms with Crippen molar-refractivity contribution in [2.45, 2.75) is 68.9 Å².